The van der Waals surface area contributed by atoms with E-state index < -0.39 is 112 Å². The predicted octanol–water partition coefficient (Wildman–Crippen LogP) is 9.06. The molecule has 78 heavy (non-hydrogen) atoms. The highest BCUT2D eigenvalue weighted by Gasteiger charge is 2.59. The largest absolute Gasteiger partial charge is 0.497 e. The molecule has 0 bridgehead atoms. The fraction of sp³-hybridized carbons (Fsp3) is 0.317. The van der Waals surface area contributed by atoms with Gasteiger partial charge in [-0.25, -0.2) is 24.0 Å². The van der Waals surface area contributed by atoms with Crippen molar-refractivity contribution in [3.05, 3.63) is 209 Å². The molecule has 406 valence electrons. The molecule has 0 N–H and O–H groups in total. The van der Waals surface area contributed by atoms with Gasteiger partial charge in [0.1, 0.15) is 36.8 Å². The van der Waals surface area contributed by atoms with Gasteiger partial charge in [0.25, 0.3) is 0 Å². The monoisotopic (exact) mass is 1080 g/mol. The zero-order valence-corrected chi connectivity index (χ0v) is 44.4. The van der Waals surface area contributed by atoms with Gasteiger partial charge in [-0.1, -0.05) is 123 Å². The number of methoxy groups -OCH3 is 1. The summed E-state index contributed by atoms with van der Waals surface area (Å²) in [4.78, 5) is 71.4. The second-order valence-electron chi connectivity index (χ2n) is 19.8. The summed E-state index contributed by atoms with van der Waals surface area (Å²) in [5, 5.41) is 0. The second-order valence-corrected chi connectivity index (χ2v) is 25.4. The van der Waals surface area contributed by atoms with E-state index in [0.717, 1.165) is 0 Å². The lowest BCUT2D eigenvalue weighted by atomic mass is 9.95. The summed E-state index contributed by atoms with van der Waals surface area (Å²) >= 11 is 0. The van der Waals surface area contributed by atoms with Crippen LogP contribution in [0.2, 0.25) is 25.7 Å². The van der Waals surface area contributed by atoms with Crippen molar-refractivity contribution in [1.29, 1.82) is 0 Å². The smallest absolute Gasteiger partial charge is 0.338 e. The van der Waals surface area contributed by atoms with Crippen LogP contribution in [0.1, 0.15) is 63.6 Å². The Morgan fingerprint density at radius 3 is 1.38 bits per heavy atom. The van der Waals surface area contributed by atoms with Crippen LogP contribution in [-0.4, -0.2) is 126 Å². The van der Waals surface area contributed by atoms with Crippen molar-refractivity contribution in [2.24, 2.45) is 0 Å². The molecular weight excluding hydrogens is 1020 g/mol. The lowest BCUT2D eigenvalue weighted by Crippen LogP contribution is -2.68. The maximum atomic E-state index is 14.5. The summed E-state index contributed by atoms with van der Waals surface area (Å²) in [6.07, 6.45) is -16.0. The molecule has 0 spiro atoms. The highest BCUT2D eigenvalue weighted by molar-refractivity contribution is 6.76. The molecule has 0 aliphatic carbocycles. The molecule has 1 unspecified atom stereocenters. The summed E-state index contributed by atoms with van der Waals surface area (Å²) in [5.41, 5.74) is 1.39. The maximum absolute atomic E-state index is 14.5. The van der Waals surface area contributed by atoms with E-state index in [-0.39, 0.29) is 41.0 Å². The van der Waals surface area contributed by atoms with Crippen molar-refractivity contribution in [3.8, 4) is 5.75 Å². The topological polar surface area (TPSA) is 196 Å². The molecule has 3 heterocycles. The Hall–Kier alpha value is -7.55. The van der Waals surface area contributed by atoms with Crippen LogP contribution in [0.15, 0.2) is 176 Å². The Balaban J connectivity index is 1.16. The van der Waals surface area contributed by atoms with Crippen molar-refractivity contribution in [3.63, 3.8) is 0 Å². The van der Waals surface area contributed by atoms with Crippen molar-refractivity contribution in [2.45, 2.75) is 93.4 Å². The first-order valence-corrected chi connectivity index (χ1v) is 29.3. The fourth-order valence-electron chi connectivity index (χ4n) is 8.93. The van der Waals surface area contributed by atoms with Gasteiger partial charge in [-0.15, -0.1) is 0 Å². The number of esters is 5. The molecule has 3 saturated heterocycles. The Morgan fingerprint density at radius 1 is 0.487 bits per heavy atom. The Morgan fingerprint density at radius 2 is 0.923 bits per heavy atom. The third kappa shape index (κ3) is 13.9. The Bertz CT molecular complexity index is 2930. The number of fused-ring (bicyclic) bond motifs is 1. The van der Waals surface area contributed by atoms with Crippen LogP contribution in [0.5, 0.6) is 5.75 Å². The summed E-state index contributed by atoms with van der Waals surface area (Å²) < 4.78 is 76.9. The van der Waals surface area contributed by atoms with Gasteiger partial charge < -0.3 is 56.8 Å². The third-order valence-corrected chi connectivity index (χ3v) is 14.8. The van der Waals surface area contributed by atoms with Crippen molar-refractivity contribution in [2.75, 3.05) is 26.9 Å². The lowest BCUT2D eigenvalue weighted by Gasteiger charge is -2.50. The van der Waals surface area contributed by atoms with E-state index in [4.69, 9.17) is 56.8 Å². The van der Waals surface area contributed by atoms with E-state index in [1.165, 1.54) is 0 Å². The summed E-state index contributed by atoms with van der Waals surface area (Å²) in [7, 11) is -0.236. The zero-order chi connectivity index (χ0) is 54.6. The zero-order valence-electron chi connectivity index (χ0n) is 43.4. The maximum Gasteiger partial charge on any atom is 0.338 e. The van der Waals surface area contributed by atoms with Gasteiger partial charge in [0, 0.05) is 20.2 Å². The van der Waals surface area contributed by atoms with E-state index >= 15 is 0 Å². The number of hydrogen-bond donors (Lipinski definition) is 0. The number of hydrogen-bond acceptors (Lipinski definition) is 17. The number of carbonyl (C=O) groups is 5. The van der Waals surface area contributed by atoms with Gasteiger partial charge in [0.2, 0.25) is 0 Å². The van der Waals surface area contributed by atoms with Gasteiger partial charge in [-0.2, -0.15) is 0 Å². The third-order valence-electron chi connectivity index (χ3n) is 13.1. The molecule has 11 atom stereocenters. The average molecular weight is 1080 g/mol. The molecule has 6 aromatic carbocycles. The molecule has 18 heteroatoms. The first-order valence-electron chi connectivity index (χ1n) is 25.6. The Kier molecular flexibility index (Phi) is 18.2. The van der Waals surface area contributed by atoms with Crippen molar-refractivity contribution >= 4 is 37.9 Å². The van der Waals surface area contributed by atoms with Crippen molar-refractivity contribution < 1.29 is 80.8 Å². The van der Waals surface area contributed by atoms with Crippen molar-refractivity contribution in [1.82, 2.24) is 0 Å². The van der Waals surface area contributed by atoms with E-state index in [2.05, 4.69) is 19.6 Å². The normalized spacial score (nSPS) is 24.8. The summed E-state index contributed by atoms with van der Waals surface area (Å²) in [5.74, 6) is -3.48. The quantitative estimate of drug-likeness (QED) is 0.0423. The predicted molar refractivity (Wildman–Crippen MR) is 282 cm³/mol. The Labute approximate surface area is 452 Å². The summed E-state index contributed by atoms with van der Waals surface area (Å²) in [6, 6.07) is 48.5. The number of carbonyl (C=O) groups excluding carboxylic acids is 5. The van der Waals surface area contributed by atoms with E-state index in [1.54, 1.807) is 183 Å². The highest BCUT2D eigenvalue weighted by atomic mass is 28.3. The van der Waals surface area contributed by atoms with E-state index in [1.807, 2.05) is 0 Å². The van der Waals surface area contributed by atoms with E-state index in [9.17, 15) is 24.0 Å². The second kappa shape index (κ2) is 25.7. The standard InChI is InChI=1S/C60H60O17Si/c1-66-44-32-30-43(31-33-44)58-69-37-46-47(76-58)50(73-55(63)40-24-14-7-15-25-40)52(75-57(65)42-28-18-9-19-29-42)60(71-46)77-48-45(36-68-53(61)38-20-10-5-11-21-38)70-59(67-34-35-78(2,3)4)51(74-56(64)41-26-16-8-17-27-41)49(48)72-54(62)39-22-12-6-13-23-39/h5-33,45-52,58-60H,34-37H2,1-4H3/t45-,46-,47+,48-,49+,50+,51-,52-,58?,59-,60+/m1/s1. The SMILES string of the molecule is COc1ccc(C2OC[C@H]3O[C@@H](O[C@H]4[C@H](OC(=O)c5ccccc5)[C@@H](OC(=O)c5ccccc5)[C@H](OCC[Si](C)(C)C)O[C@@H]4COC(=O)c4ccccc4)[C@H](OC(=O)c4ccccc4)[C@@H](OC(=O)c4ccccc4)[C@H]3O2)cc1. The highest BCUT2D eigenvalue weighted by Crippen LogP contribution is 2.40. The first-order chi connectivity index (χ1) is 37.8. The molecule has 3 aliphatic heterocycles. The lowest BCUT2D eigenvalue weighted by molar-refractivity contribution is -0.383. The van der Waals surface area contributed by atoms with Gasteiger partial charge in [0.15, 0.2) is 43.3 Å². The number of ether oxygens (including phenoxy) is 12. The molecule has 9 rings (SSSR count). The van der Waals surface area contributed by atoms with Gasteiger partial charge in [-0.05, 0) is 78.8 Å². The van der Waals surface area contributed by atoms with Gasteiger partial charge >= 0.3 is 29.8 Å². The molecule has 0 aromatic heterocycles. The molecule has 0 radical (unpaired) electrons. The average Bonchev–Trinajstić information content (AvgIpc) is 3.67. The molecule has 17 nitrogen and oxygen atoms in total. The summed E-state index contributed by atoms with van der Waals surface area (Å²) in [6.45, 7) is 5.89. The number of rotatable bonds is 19. The van der Waals surface area contributed by atoms with Crippen LogP contribution in [0.3, 0.4) is 0 Å². The molecule has 0 amide bonds. The fourth-order valence-corrected chi connectivity index (χ4v) is 9.66. The van der Waals surface area contributed by atoms with Crippen LogP contribution in [0, 0.1) is 0 Å². The van der Waals surface area contributed by atoms with Crippen LogP contribution in [-0.2, 0) is 52.1 Å². The molecule has 3 aliphatic rings. The molecule has 6 aromatic rings. The van der Waals surface area contributed by atoms with Crippen LogP contribution in [0.4, 0.5) is 0 Å². The first kappa shape index (κ1) is 55.2. The van der Waals surface area contributed by atoms with Crippen LogP contribution < -0.4 is 4.74 Å². The van der Waals surface area contributed by atoms with Gasteiger partial charge in [0.05, 0.1) is 41.5 Å². The van der Waals surface area contributed by atoms with E-state index in [0.29, 0.717) is 17.4 Å². The minimum Gasteiger partial charge on any atom is -0.497 e. The van der Waals surface area contributed by atoms with Gasteiger partial charge in [-0.3, -0.25) is 0 Å². The number of benzene rings is 6. The minimum atomic E-state index is -1.78. The minimum absolute atomic E-state index is 0.126. The molecular formula is C60H60O17Si. The van der Waals surface area contributed by atoms with Crippen LogP contribution in [0.25, 0.3) is 0 Å². The molecule has 0 saturated carbocycles. The van der Waals surface area contributed by atoms with Crippen LogP contribution >= 0.6 is 0 Å². The molecule has 3 fully saturated rings.